The Balaban J connectivity index is 1.86. The summed E-state index contributed by atoms with van der Waals surface area (Å²) in [5.74, 6) is 1.77. The molecule has 1 aliphatic heterocycles. The Morgan fingerprint density at radius 1 is 1.64 bits per heavy atom. The van der Waals surface area contributed by atoms with Crippen LogP contribution in [0.15, 0.2) is 0 Å². The molecule has 11 heavy (non-hydrogen) atoms. The number of hydrogen-bond acceptors (Lipinski definition) is 3. The minimum absolute atomic E-state index is 0.664. The van der Waals surface area contributed by atoms with Crippen molar-refractivity contribution < 1.29 is 9.47 Å². The SMILES string of the molecule is CSCCOCC1CCOC1. The first-order valence-corrected chi connectivity index (χ1v) is 5.47. The van der Waals surface area contributed by atoms with E-state index in [0.717, 1.165) is 32.2 Å². The van der Waals surface area contributed by atoms with E-state index < -0.39 is 0 Å². The highest BCUT2D eigenvalue weighted by Crippen LogP contribution is 2.12. The molecule has 0 aromatic carbocycles. The van der Waals surface area contributed by atoms with Gasteiger partial charge in [-0.2, -0.15) is 11.8 Å². The van der Waals surface area contributed by atoms with Gasteiger partial charge in [-0.15, -0.1) is 0 Å². The van der Waals surface area contributed by atoms with Gasteiger partial charge in [0.2, 0.25) is 0 Å². The summed E-state index contributed by atoms with van der Waals surface area (Å²) in [4.78, 5) is 0. The van der Waals surface area contributed by atoms with Gasteiger partial charge in [0.1, 0.15) is 0 Å². The van der Waals surface area contributed by atoms with Crippen LogP contribution in [0.4, 0.5) is 0 Å². The number of hydrogen-bond donors (Lipinski definition) is 0. The van der Waals surface area contributed by atoms with Crippen molar-refractivity contribution in [2.75, 3.05) is 38.4 Å². The van der Waals surface area contributed by atoms with Crippen LogP contribution in [0.2, 0.25) is 0 Å². The average molecular weight is 176 g/mol. The van der Waals surface area contributed by atoms with Gasteiger partial charge in [0.25, 0.3) is 0 Å². The Bertz CT molecular complexity index is 92.1. The lowest BCUT2D eigenvalue weighted by Crippen LogP contribution is -2.10. The van der Waals surface area contributed by atoms with Crippen LogP contribution < -0.4 is 0 Å². The van der Waals surface area contributed by atoms with Gasteiger partial charge in [-0.1, -0.05) is 0 Å². The first-order chi connectivity index (χ1) is 5.43. The Kier molecular flexibility index (Phi) is 4.99. The van der Waals surface area contributed by atoms with E-state index in [1.807, 2.05) is 11.8 Å². The van der Waals surface area contributed by atoms with E-state index in [1.165, 1.54) is 6.42 Å². The fourth-order valence-corrected chi connectivity index (χ4v) is 1.39. The third kappa shape index (κ3) is 3.99. The van der Waals surface area contributed by atoms with E-state index in [0.29, 0.717) is 5.92 Å². The average Bonchev–Trinajstić information content (AvgIpc) is 2.50. The van der Waals surface area contributed by atoms with E-state index in [1.54, 1.807) is 0 Å². The second kappa shape index (κ2) is 5.86. The second-order valence-corrected chi connectivity index (χ2v) is 3.78. The molecule has 1 unspecified atom stereocenters. The lowest BCUT2D eigenvalue weighted by molar-refractivity contribution is 0.100. The van der Waals surface area contributed by atoms with Crippen molar-refractivity contribution in [3.8, 4) is 0 Å². The fourth-order valence-electron chi connectivity index (χ4n) is 1.11. The summed E-state index contributed by atoms with van der Waals surface area (Å²) in [6.07, 6.45) is 3.28. The number of rotatable bonds is 5. The Morgan fingerprint density at radius 2 is 2.55 bits per heavy atom. The molecule has 1 fully saturated rings. The molecule has 0 amide bonds. The van der Waals surface area contributed by atoms with Crippen molar-refractivity contribution in [1.29, 1.82) is 0 Å². The third-order valence-electron chi connectivity index (χ3n) is 1.81. The second-order valence-electron chi connectivity index (χ2n) is 2.80. The largest absolute Gasteiger partial charge is 0.381 e. The highest BCUT2D eigenvalue weighted by Gasteiger charge is 2.14. The summed E-state index contributed by atoms with van der Waals surface area (Å²) < 4.78 is 10.7. The highest BCUT2D eigenvalue weighted by molar-refractivity contribution is 7.98. The number of ether oxygens (including phenoxy) is 2. The standard InChI is InChI=1S/C8H16O2S/c1-11-5-4-10-7-8-2-3-9-6-8/h8H,2-7H2,1H3. The maximum atomic E-state index is 5.46. The molecule has 1 rings (SSSR count). The molecule has 3 heteroatoms. The molecule has 0 N–H and O–H groups in total. The summed E-state index contributed by atoms with van der Waals surface area (Å²) in [7, 11) is 0. The lowest BCUT2D eigenvalue weighted by atomic mass is 10.1. The highest BCUT2D eigenvalue weighted by atomic mass is 32.2. The van der Waals surface area contributed by atoms with Crippen LogP contribution >= 0.6 is 11.8 Å². The zero-order valence-electron chi connectivity index (χ0n) is 7.04. The molecule has 0 aliphatic carbocycles. The van der Waals surface area contributed by atoms with Gasteiger partial charge in [0, 0.05) is 18.3 Å². The van der Waals surface area contributed by atoms with Crippen molar-refractivity contribution >= 4 is 11.8 Å². The monoisotopic (exact) mass is 176 g/mol. The van der Waals surface area contributed by atoms with Crippen LogP contribution in [0.5, 0.6) is 0 Å². The van der Waals surface area contributed by atoms with Gasteiger partial charge in [0.15, 0.2) is 0 Å². The minimum atomic E-state index is 0.664. The molecule has 1 saturated heterocycles. The summed E-state index contributed by atoms with van der Waals surface area (Å²) in [6, 6.07) is 0. The predicted octanol–water partition coefficient (Wildman–Crippen LogP) is 1.40. The molecule has 0 saturated carbocycles. The normalized spacial score (nSPS) is 24.3. The van der Waals surface area contributed by atoms with E-state index in [9.17, 15) is 0 Å². The minimum Gasteiger partial charge on any atom is -0.381 e. The quantitative estimate of drug-likeness (QED) is 0.590. The van der Waals surface area contributed by atoms with Gasteiger partial charge < -0.3 is 9.47 Å². The zero-order chi connectivity index (χ0) is 7.94. The molecule has 0 aromatic heterocycles. The molecule has 0 spiro atoms. The van der Waals surface area contributed by atoms with Gasteiger partial charge in [-0.05, 0) is 12.7 Å². The van der Waals surface area contributed by atoms with Crippen LogP contribution in [0.25, 0.3) is 0 Å². The first-order valence-electron chi connectivity index (χ1n) is 4.08. The molecule has 0 aromatic rings. The van der Waals surface area contributed by atoms with Crippen LogP contribution in [-0.4, -0.2) is 38.4 Å². The van der Waals surface area contributed by atoms with E-state index in [2.05, 4.69) is 6.26 Å². The molecule has 2 nitrogen and oxygen atoms in total. The van der Waals surface area contributed by atoms with E-state index in [4.69, 9.17) is 9.47 Å². The molecule has 1 aliphatic rings. The van der Waals surface area contributed by atoms with Gasteiger partial charge >= 0.3 is 0 Å². The Morgan fingerprint density at radius 3 is 3.18 bits per heavy atom. The maximum Gasteiger partial charge on any atom is 0.0556 e. The third-order valence-corrected chi connectivity index (χ3v) is 2.38. The predicted molar refractivity (Wildman–Crippen MR) is 48.1 cm³/mol. The van der Waals surface area contributed by atoms with Crippen LogP contribution in [-0.2, 0) is 9.47 Å². The maximum absolute atomic E-state index is 5.46. The number of thioether (sulfide) groups is 1. The van der Waals surface area contributed by atoms with Gasteiger partial charge in [-0.25, -0.2) is 0 Å². The molecule has 1 heterocycles. The van der Waals surface area contributed by atoms with Crippen LogP contribution in [0.1, 0.15) is 6.42 Å². The van der Waals surface area contributed by atoms with Crippen LogP contribution in [0, 0.1) is 5.92 Å². The van der Waals surface area contributed by atoms with Gasteiger partial charge in [0.05, 0.1) is 19.8 Å². The van der Waals surface area contributed by atoms with Crippen molar-refractivity contribution in [1.82, 2.24) is 0 Å². The molecular weight excluding hydrogens is 160 g/mol. The molecule has 0 bridgehead atoms. The fraction of sp³-hybridized carbons (Fsp3) is 1.00. The van der Waals surface area contributed by atoms with Crippen molar-refractivity contribution in [2.24, 2.45) is 5.92 Å². The Labute approximate surface area is 72.6 Å². The smallest absolute Gasteiger partial charge is 0.0556 e. The van der Waals surface area contributed by atoms with Crippen LogP contribution in [0.3, 0.4) is 0 Å². The summed E-state index contributed by atoms with van der Waals surface area (Å²) in [6.45, 7) is 3.61. The lowest BCUT2D eigenvalue weighted by Gasteiger charge is -2.07. The molecule has 0 radical (unpaired) electrons. The van der Waals surface area contributed by atoms with E-state index in [-0.39, 0.29) is 0 Å². The van der Waals surface area contributed by atoms with Crippen molar-refractivity contribution in [2.45, 2.75) is 6.42 Å². The topological polar surface area (TPSA) is 18.5 Å². The summed E-state index contributed by atoms with van der Waals surface area (Å²) >= 11 is 1.83. The molecule has 66 valence electrons. The Hall–Kier alpha value is 0.270. The van der Waals surface area contributed by atoms with Crippen molar-refractivity contribution in [3.63, 3.8) is 0 Å². The van der Waals surface area contributed by atoms with Crippen molar-refractivity contribution in [3.05, 3.63) is 0 Å². The van der Waals surface area contributed by atoms with Gasteiger partial charge in [-0.3, -0.25) is 0 Å². The first kappa shape index (κ1) is 9.36. The zero-order valence-corrected chi connectivity index (χ0v) is 7.86. The molecule has 1 atom stereocenters. The summed E-state index contributed by atoms with van der Waals surface area (Å²) in [5, 5.41) is 0. The molecular formula is C8H16O2S. The van der Waals surface area contributed by atoms with E-state index >= 15 is 0 Å². The summed E-state index contributed by atoms with van der Waals surface area (Å²) in [5.41, 5.74) is 0.